The third-order valence-corrected chi connectivity index (χ3v) is 4.11. The number of oxazole rings is 1. The number of anilines is 2. The molecule has 2 aromatic carbocycles. The van der Waals surface area contributed by atoms with Crippen LogP contribution in [0.3, 0.4) is 0 Å². The van der Waals surface area contributed by atoms with Crippen molar-refractivity contribution in [2.75, 3.05) is 19.0 Å². The van der Waals surface area contributed by atoms with E-state index in [-0.39, 0.29) is 0 Å². The molecule has 0 spiro atoms. The van der Waals surface area contributed by atoms with Gasteiger partial charge in [-0.3, -0.25) is 5.10 Å². The van der Waals surface area contributed by atoms with Gasteiger partial charge in [0.2, 0.25) is 0 Å². The normalized spacial score (nSPS) is 10.9. The maximum Gasteiger partial charge on any atom is 0.299 e. The number of aromatic amines is 1. The van der Waals surface area contributed by atoms with Crippen LogP contribution in [0, 0.1) is 0 Å². The van der Waals surface area contributed by atoms with Gasteiger partial charge in [-0.1, -0.05) is 6.92 Å². The third-order valence-electron chi connectivity index (χ3n) is 4.11. The van der Waals surface area contributed by atoms with Crippen LogP contribution in [0.15, 0.2) is 53.2 Å². The molecule has 2 heterocycles. The first-order chi connectivity index (χ1) is 13.3. The van der Waals surface area contributed by atoms with E-state index < -0.39 is 0 Å². The minimum Gasteiger partial charge on any atom is -0.493 e. The summed E-state index contributed by atoms with van der Waals surface area (Å²) >= 11 is 0. The molecule has 0 saturated heterocycles. The molecule has 2 N–H and O–H groups in total. The first kappa shape index (κ1) is 17.0. The molecule has 0 radical (unpaired) electrons. The Morgan fingerprint density at radius 2 is 2.04 bits per heavy atom. The van der Waals surface area contributed by atoms with Crippen molar-refractivity contribution in [3.63, 3.8) is 0 Å². The molecule has 4 aromatic rings. The quantitative estimate of drug-likeness (QED) is 0.492. The Bertz CT molecular complexity index is 1050. The predicted octanol–water partition coefficient (Wildman–Crippen LogP) is 4.76. The van der Waals surface area contributed by atoms with Crippen molar-refractivity contribution in [2.24, 2.45) is 0 Å². The zero-order valence-corrected chi connectivity index (χ0v) is 15.2. The minimum absolute atomic E-state index is 0.416. The summed E-state index contributed by atoms with van der Waals surface area (Å²) < 4.78 is 17.0. The number of methoxy groups -OCH3 is 1. The summed E-state index contributed by atoms with van der Waals surface area (Å²) in [7, 11) is 1.63. The number of aromatic nitrogens is 3. The molecule has 0 aliphatic rings. The van der Waals surface area contributed by atoms with Crippen LogP contribution < -0.4 is 14.8 Å². The van der Waals surface area contributed by atoms with Crippen molar-refractivity contribution in [3.05, 3.63) is 48.8 Å². The Hall–Kier alpha value is -3.48. The van der Waals surface area contributed by atoms with Crippen LogP contribution in [-0.2, 0) is 0 Å². The second kappa shape index (κ2) is 7.41. The van der Waals surface area contributed by atoms with Gasteiger partial charge in [-0.05, 0) is 42.8 Å². The lowest BCUT2D eigenvalue weighted by atomic mass is 10.1. The molecule has 0 amide bonds. The van der Waals surface area contributed by atoms with Crippen LogP contribution in [0.5, 0.6) is 11.5 Å². The highest BCUT2D eigenvalue weighted by Gasteiger charge is 2.11. The molecule has 0 bridgehead atoms. The molecule has 0 aliphatic heterocycles. The summed E-state index contributed by atoms with van der Waals surface area (Å²) in [5, 5.41) is 11.1. The molecule has 0 unspecified atom stereocenters. The lowest BCUT2D eigenvalue weighted by Crippen LogP contribution is -1.97. The monoisotopic (exact) mass is 364 g/mol. The number of nitrogens with zero attached hydrogens (tertiary/aromatic N) is 2. The summed E-state index contributed by atoms with van der Waals surface area (Å²) in [6.45, 7) is 2.69. The molecular formula is C20H20N4O3. The number of nitrogens with one attached hydrogen (secondary N) is 2. The second-order valence-corrected chi connectivity index (χ2v) is 6.04. The molecule has 138 valence electrons. The Balaban J connectivity index is 1.56. The summed E-state index contributed by atoms with van der Waals surface area (Å²) in [5.74, 6) is 2.03. The first-order valence-corrected chi connectivity index (χ1v) is 8.74. The lowest BCUT2D eigenvalue weighted by molar-refractivity contribution is 0.294. The van der Waals surface area contributed by atoms with E-state index >= 15 is 0 Å². The van der Waals surface area contributed by atoms with Gasteiger partial charge in [-0.15, -0.1) is 0 Å². The lowest BCUT2D eigenvalue weighted by Gasteiger charge is -2.10. The average molecular weight is 364 g/mol. The van der Waals surface area contributed by atoms with E-state index in [9.17, 15) is 0 Å². The Labute approximate surface area is 156 Å². The van der Waals surface area contributed by atoms with Gasteiger partial charge < -0.3 is 19.2 Å². The van der Waals surface area contributed by atoms with Crippen molar-refractivity contribution in [3.8, 4) is 22.8 Å². The van der Waals surface area contributed by atoms with Crippen LogP contribution >= 0.6 is 0 Å². The number of hydrogen-bond donors (Lipinski definition) is 2. The van der Waals surface area contributed by atoms with E-state index in [2.05, 4.69) is 27.4 Å². The van der Waals surface area contributed by atoms with Crippen molar-refractivity contribution < 1.29 is 13.9 Å². The first-order valence-electron chi connectivity index (χ1n) is 8.74. The van der Waals surface area contributed by atoms with Gasteiger partial charge in [0.15, 0.2) is 17.3 Å². The van der Waals surface area contributed by atoms with Gasteiger partial charge in [0.05, 0.1) is 31.6 Å². The standard InChI is InChI=1S/C20H20N4O3/c1-3-8-26-18-10-13(4-7-17(18)25-2)19-12-21-20(27-19)23-15-5-6-16-14(9-15)11-22-24-16/h4-7,9-12H,3,8H2,1-2H3,(H,21,23)(H,22,24). The molecule has 2 aromatic heterocycles. The second-order valence-electron chi connectivity index (χ2n) is 6.04. The molecule has 0 saturated carbocycles. The van der Waals surface area contributed by atoms with Gasteiger partial charge >= 0.3 is 0 Å². The van der Waals surface area contributed by atoms with Crippen LogP contribution in [0.4, 0.5) is 11.7 Å². The summed E-state index contributed by atoms with van der Waals surface area (Å²) in [5.41, 5.74) is 2.72. The highest BCUT2D eigenvalue weighted by molar-refractivity contribution is 5.82. The fraction of sp³-hybridized carbons (Fsp3) is 0.200. The fourth-order valence-electron chi connectivity index (χ4n) is 2.76. The molecule has 0 aliphatic carbocycles. The molecule has 4 rings (SSSR count). The minimum atomic E-state index is 0.416. The summed E-state index contributed by atoms with van der Waals surface area (Å²) in [6, 6.07) is 12.0. The van der Waals surface area contributed by atoms with Gasteiger partial charge in [0.25, 0.3) is 6.01 Å². The van der Waals surface area contributed by atoms with E-state index in [1.807, 2.05) is 36.4 Å². The zero-order valence-electron chi connectivity index (χ0n) is 15.2. The van der Waals surface area contributed by atoms with Crippen molar-refractivity contribution >= 4 is 22.6 Å². The maximum atomic E-state index is 5.86. The largest absolute Gasteiger partial charge is 0.493 e. The number of ether oxygens (including phenoxy) is 2. The molecule has 0 fully saturated rings. The molecule has 7 nitrogen and oxygen atoms in total. The fourth-order valence-corrected chi connectivity index (χ4v) is 2.76. The van der Waals surface area contributed by atoms with Crippen molar-refractivity contribution in [2.45, 2.75) is 13.3 Å². The van der Waals surface area contributed by atoms with E-state index in [1.54, 1.807) is 19.5 Å². The number of hydrogen-bond acceptors (Lipinski definition) is 6. The number of fused-ring (bicyclic) bond motifs is 1. The maximum absolute atomic E-state index is 5.86. The van der Waals surface area contributed by atoms with Crippen LogP contribution in [-0.4, -0.2) is 28.9 Å². The summed E-state index contributed by atoms with van der Waals surface area (Å²) in [4.78, 5) is 4.32. The van der Waals surface area contributed by atoms with E-state index in [4.69, 9.17) is 13.9 Å². The van der Waals surface area contributed by atoms with Crippen molar-refractivity contribution in [1.29, 1.82) is 0 Å². The van der Waals surface area contributed by atoms with Crippen LogP contribution in [0.2, 0.25) is 0 Å². The Kier molecular flexibility index (Phi) is 4.65. The van der Waals surface area contributed by atoms with Crippen LogP contribution in [0.1, 0.15) is 13.3 Å². The average Bonchev–Trinajstić information content (AvgIpc) is 3.35. The van der Waals surface area contributed by atoms with E-state index in [0.29, 0.717) is 29.9 Å². The topological polar surface area (TPSA) is 85.2 Å². The Morgan fingerprint density at radius 3 is 2.89 bits per heavy atom. The Morgan fingerprint density at radius 1 is 1.11 bits per heavy atom. The molecule has 27 heavy (non-hydrogen) atoms. The SMILES string of the molecule is CCCOc1cc(-c2cnc(Nc3ccc4[nH]ncc4c3)o2)ccc1OC. The highest BCUT2D eigenvalue weighted by atomic mass is 16.5. The number of benzene rings is 2. The number of H-pyrrole nitrogens is 1. The van der Waals surface area contributed by atoms with Crippen molar-refractivity contribution in [1.82, 2.24) is 15.2 Å². The predicted molar refractivity (Wildman–Crippen MR) is 104 cm³/mol. The highest BCUT2D eigenvalue weighted by Crippen LogP contribution is 2.34. The van der Waals surface area contributed by atoms with Gasteiger partial charge in [0, 0.05) is 16.6 Å². The number of rotatable bonds is 7. The van der Waals surface area contributed by atoms with Gasteiger partial charge in [-0.25, -0.2) is 4.98 Å². The molecular weight excluding hydrogens is 344 g/mol. The summed E-state index contributed by atoms with van der Waals surface area (Å²) in [6.07, 6.45) is 4.38. The molecule has 0 atom stereocenters. The van der Waals surface area contributed by atoms with Crippen LogP contribution in [0.25, 0.3) is 22.2 Å². The van der Waals surface area contributed by atoms with E-state index in [1.165, 1.54) is 0 Å². The third kappa shape index (κ3) is 3.57. The zero-order chi connectivity index (χ0) is 18.6. The van der Waals surface area contributed by atoms with Gasteiger partial charge in [0.1, 0.15) is 0 Å². The molecule has 7 heteroatoms. The smallest absolute Gasteiger partial charge is 0.299 e. The van der Waals surface area contributed by atoms with Gasteiger partial charge in [-0.2, -0.15) is 5.10 Å². The van der Waals surface area contributed by atoms with E-state index in [0.717, 1.165) is 28.6 Å².